The van der Waals surface area contributed by atoms with E-state index >= 15 is 0 Å². The number of hydrogen-bond donors (Lipinski definition) is 1. The molecule has 10 aromatic rings. The van der Waals surface area contributed by atoms with Gasteiger partial charge in [0.25, 0.3) is 0 Å². The van der Waals surface area contributed by atoms with E-state index in [1.165, 1.54) is 6.20 Å². The molecule has 6 heterocycles. The van der Waals surface area contributed by atoms with Crippen molar-refractivity contribution in [1.82, 2.24) is 15.0 Å². The highest BCUT2D eigenvalue weighted by Gasteiger charge is 2.15. The van der Waals surface area contributed by atoms with Gasteiger partial charge in [0.2, 0.25) is 0 Å². The summed E-state index contributed by atoms with van der Waals surface area (Å²) >= 11 is 0. The summed E-state index contributed by atoms with van der Waals surface area (Å²) in [4.78, 5) is 14.3. The minimum atomic E-state index is 0.784. The van der Waals surface area contributed by atoms with Crippen LogP contribution in [-0.2, 0) is 0 Å². The summed E-state index contributed by atoms with van der Waals surface area (Å²) < 4.78 is 18.2. The van der Waals surface area contributed by atoms with Gasteiger partial charge < -0.3 is 19.0 Å². The van der Waals surface area contributed by atoms with Crippen molar-refractivity contribution in [3.63, 3.8) is 0 Å². The van der Waals surface area contributed by atoms with Gasteiger partial charge in [-0.25, -0.2) is 9.97 Å². The Bertz CT molecular complexity index is 3020. The maximum Gasteiger partial charge on any atom is 0.153 e. The summed E-state index contributed by atoms with van der Waals surface area (Å²) in [7, 11) is 0. The average molecular weight is 661 g/mol. The lowest BCUT2D eigenvalue weighted by Gasteiger charge is -2.07. The predicted octanol–water partition coefficient (Wildman–Crippen LogP) is 11.3. The van der Waals surface area contributed by atoms with E-state index in [0.717, 1.165) is 111 Å². The van der Waals surface area contributed by atoms with Crippen LogP contribution in [0.3, 0.4) is 0 Å². The van der Waals surface area contributed by atoms with E-state index in [1.807, 2.05) is 85.8 Å². The molecule has 0 unspecified atom stereocenters. The summed E-state index contributed by atoms with van der Waals surface area (Å²) in [6.45, 7) is 1.94. The highest BCUT2D eigenvalue weighted by atomic mass is 16.3. The largest absolute Gasteiger partial charge is 0.461 e. The summed E-state index contributed by atoms with van der Waals surface area (Å²) in [5.74, 6) is 0.827. The Morgan fingerprint density at radius 2 is 0.980 bits per heavy atom. The van der Waals surface area contributed by atoms with Crippen molar-refractivity contribution in [2.24, 2.45) is 5.73 Å². The van der Waals surface area contributed by atoms with Crippen LogP contribution in [-0.4, -0.2) is 15.0 Å². The topological polar surface area (TPSA) is 104 Å². The summed E-state index contributed by atoms with van der Waals surface area (Å²) in [5.41, 5.74) is 18.3. The summed E-state index contributed by atoms with van der Waals surface area (Å²) in [6.07, 6.45) is 6.96. The highest BCUT2D eigenvalue weighted by Crippen LogP contribution is 2.37. The van der Waals surface area contributed by atoms with Crippen molar-refractivity contribution in [3.05, 3.63) is 145 Å². The molecule has 7 heteroatoms. The molecule has 0 aliphatic rings. The van der Waals surface area contributed by atoms with E-state index in [9.17, 15) is 0 Å². The van der Waals surface area contributed by atoms with Crippen LogP contribution in [0.15, 0.2) is 147 Å². The van der Waals surface area contributed by atoms with Crippen LogP contribution in [0.2, 0.25) is 0 Å². The van der Waals surface area contributed by atoms with Gasteiger partial charge in [0, 0.05) is 49.8 Å². The fourth-order valence-electron chi connectivity index (χ4n) is 7.11. The van der Waals surface area contributed by atoms with E-state index in [1.54, 1.807) is 12.4 Å². The van der Waals surface area contributed by atoms with Gasteiger partial charge in [-0.1, -0.05) is 24.3 Å². The van der Waals surface area contributed by atoms with Gasteiger partial charge in [0.1, 0.15) is 28.1 Å². The first-order chi connectivity index (χ1) is 25.1. The van der Waals surface area contributed by atoms with Gasteiger partial charge >= 0.3 is 0 Å². The highest BCUT2D eigenvalue weighted by molar-refractivity contribution is 6.09. The second kappa shape index (κ2) is 11.3. The Balaban J connectivity index is 1.01. The van der Waals surface area contributed by atoms with E-state index in [4.69, 9.17) is 29.0 Å². The molecule has 0 amide bonds. The second-order valence-corrected chi connectivity index (χ2v) is 12.7. The summed E-state index contributed by atoms with van der Waals surface area (Å²) in [5, 5.41) is 5.20. The standard InChI is InChI=1S/C44H28N4O3/c1-25-30(16-18-45)32-22-28(10-14-40(32)49-25)36-4-2-6-38(47-36)39-7-3-5-37(48-39)29-11-15-43-35(23-29)34-21-27(9-13-42(34)50-43)26-8-12-41-33(20-26)31-17-19-46-24-44(31)51-41/h2-24H,45H2,1H3/b18-16-. The number of hydrogen-bond acceptors (Lipinski definition) is 7. The third-order valence-electron chi connectivity index (χ3n) is 9.60. The van der Waals surface area contributed by atoms with Crippen molar-refractivity contribution in [2.45, 2.75) is 6.92 Å². The molecular formula is C44H28N4O3. The van der Waals surface area contributed by atoms with E-state index in [0.29, 0.717) is 0 Å². The molecule has 4 aromatic carbocycles. The minimum Gasteiger partial charge on any atom is -0.461 e. The quantitative estimate of drug-likeness (QED) is 0.196. The Morgan fingerprint density at radius 3 is 1.59 bits per heavy atom. The molecule has 0 atom stereocenters. The third kappa shape index (κ3) is 4.78. The van der Waals surface area contributed by atoms with Gasteiger partial charge in [-0.3, -0.25) is 4.98 Å². The molecule has 0 aliphatic heterocycles. The number of aromatic nitrogens is 3. The van der Waals surface area contributed by atoms with Crippen LogP contribution >= 0.6 is 0 Å². The number of benzene rings is 4. The molecule has 0 bridgehead atoms. The Morgan fingerprint density at radius 1 is 0.490 bits per heavy atom. The van der Waals surface area contributed by atoms with Gasteiger partial charge in [-0.05, 0) is 121 Å². The van der Waals surface area contributed by atoms with Crippen LogP contribution < -0.4 is 5.73 Å². The molecule has 0 saturated heterocycles. The van der Waals surface area contributed by atoms with E-state index in [-0.39, 0.29) is 0 Å². The van der Waals surface area contributed by atoms with Crippen molar-refractivity contribution >= 4 is 60.9 Å². The zero-order valence-corrected chi connectivity index (χ0v) is 27.4. The van der Waals surface area contributed by atoms with Crippen LogP contribution in [0.4, 0.5) is 0 Å². The van der Waals surface area contributed by atoms with Crippen molar-refractivity contribution in [1.29, 1.82) is 0 Å². The van der Waals surface area contributed by atoms with Gasteiger partial charge in [0.05, 0.1) is 29.0 Å². The molecule has 242 valence electrons. The Labute approximate surface area is 291 Å². The first kappa shape index (κ1) is 29.0. The maximum atomic E-state index is 6.28. The van der Waals surface area contributed by atoms with Crippen molar-refractivity contribution < 1.29 is 13.3 Å². The maximum absolute atomic E-state index is 6.28. The number of nitrogens with two attached hydrogens (primary N) is 1. The molecule has 7 nitrogen and oxygen atoms in total. The lowest BCUT2D eigenvalue weighted by molar-refractivity contribution is 0.577. The fourth-order valence-corrected chi connectivity index (χ4v) is 7.11. The lowest BCUT2D eigenvalue weighted by Crippen LogP contribution is -1.92. The van der Waals surface area contributed by atoms with Gasteiger partial charge in [-0.2, -0.15) is 0 Å². The number of rotatable bonds is 5. The molecule has 51 heavy (non-hydrogen) atoms. The Hall–Kier alpha value is -6.99. The van der Waals surface area contributed by atoms with Crippen LogP contribution in [0.25, 0.3) is 106 Å². The number of furan rings is 3. The monoisotopic (exact) mass is 660 g/mol. The second-order valence-electron chi connectivity index (χ2n) is 12.7. The lowest BCUT2D eigenvalue weighted by atomic mass is 10.00. The number of aryl methyl sites for hydroxylation is 1. The molecular weight excluding hydrogens is 633 g/mol. The molecule has 0 radical (unpaired) electrons. The first-order valence-corrected chi connectivity index (χ1v) is 16.7. The Kier molecular flexibility index (Phi) is 6.41. The SMILES string of the molecule is Cc1oc2ccc(-c3cccc(-c4cccc(-c5ccc6oc7ccc(-c8ccc9oc%10cnccc%10c9c8)cc7c6c5)n4)n3)cc2c1/C=C\N. The molecule has 2 N–H and O–H groups in total. The zero-order chi connectivity index (χ0) is 34.1. The van der Waals surface area contributed by atoms with Crippen LogP contribution in [0.1, 0.15) is 11.3 Å². The molecule has 0 fully saturated rings. The molecule has 0 aliphatic carbocycles. The number of pyridine rings is 3. The van der Waals surface area contributed by atoms with Gasteiger partial charge in [0.15, 0.2) is 5.58 Å². The van der Waals surface area contributed by atoms with Gasteiger partial charge in [-0.15, -0.1) is 0 Å². The first-order valence-electron chi connectivity index (χ1n) is 16.7. The summed E-state index contributed by atoms with van der Waals surface area (Å²) in [6, 6.07) is 39.1. The molecule has 0 saturated carbocycles. The fraction of sp³-hybridized carbons (Fsp3) is 0.0227. The normalized spacial score (nSPS) is 12.0. The van der Waals surface area contributed by atoms with Crippen molar-refractivity contribution in [3.8, 4) is 45.0 Å². The zero-order valence-electron chi connectivity index (χ0n) is 27.4. The van der Waals surface area contributed by atoms with Crippen molar-refractivity contribution in [2.75, 3.05) is 0 Å². The van der Waals surface area contributed by atoms with E-state index in [2.05, 4.69) is 47.4 Å². The molecule has 6 aromatic heterocycles. The predicted molar refractivity (Wildman–Crippen MR) is 204 cm³/mol. The van der Waals surface area contributed by atoms with Crippen LogP contribution in [0.5, 0.6) is 0 Å². The third-order valence-corrected chi connectivity index (χ3v) is 9.60. The number of fused-ring (bicyclic) bond motifs is 7. The van der Waals surface area contributed by atoms with Crippen LogP contribution in [0, 0.1) is 6.92 Å². The number of nitrogens with zero attached hydrogens (tertiary/aromatic N) is 3. The van der Waals surface area contributed by atoms with E-state index < -0.39 is 0 Å². The average Bonchev–Trinajstić information content (AvgIpc) is 3.84. The molecule has 0 spiro atoms. The smallest absolute Gasteiger partial charge is 0.153 e. The molecule has 10 rings (SSSR count). The minimum absolute atomic E-state index is 0.784.